The first kappa shape index (κ1) is 15.5. The Labute approximate surface area is 141 Å². The summed E-state index contributed by atoms with van der Waals surface area (Å²) in [6.07, 6.45) is 3.96. The van der Waals surface area contributed by atoms with E-state index in [-0.39, 0.29) is 11.3 Å². The normalized spacial score (nSPS) is 30.5. The Balaban J connectivity index is 1.39. The summed E-state index contributed by atoms with van der Waals surface area (Å²) in [6, 6.07) is 0. The van der Waals surface area contributed by atoms with Crippen LogP contribution in [0.4, 0.5) is 0 Å². The number of hydrogen-bond donors (Lipinski definition) is 0. The lowest BCUT2D eigenvalue weighted by Gasteiger charge is -2.30. The Bertz CT molecular complexity index is 586. The number of amides is 1. The number of nitrogens with zero attached hydrogens (tertiary/aromatic N) is 2. The van der Waals surface area contributed by atoms with E-state index in [1.54, 1.807) is 0 Å². The highest BCUT2D eigenvalue weighted by atomic mass is 32.1. The van der Waals surface area contributed by atoms with Crippen LogP contribution >= 0.6 is 11.3 Å². The van der Waals surface area contributed by atoms with Crippen LogP contribution in [0.2, 0.25) is 0 Å². The van der Waals surface area contributed by atoms with Crippen molar-refractivity contribution in [3.8, 4) is 0 Å². The molecule has 0 unspecified atom stereocenters. The molecule has 4 rings (SSSR count). The zero-order valence-corrected chi connectivity index (χ0v) is 14.4. The summed E-state index contributed by atoms with van der Waals surface area (Å²) in [5, 5.41) is 2.80. The lowest BCUT2D eigenvalue weighted by atomic mass is 9.81. The molecule has 23 heavy (non-hydrogen) atoms. The summed E-state index contributed by atoms with van der Waals surface area (Å²) in [5.41, 5.74) is 0.573. The van der Waals surface area contributed by atoms with Crippen LogP contribution in [0.5, 0.6) is 0 Å². The average Bonchev–Trinajstić information content (AvgIpc) is 3.14. The fourth-order valence-corrected chi connectivity index (χ4v) is 4.49. The molecule has 1 aromatic rings. The van der Waals surface area contributed by atoms with Crippen molar-refractivity contribution < 1.29 is 14.3 Å². The molecule has 1 aliphatic carbocycles. The molecule has 1 saturated carbocycles. The van der Waals surface area contributed by atoms with Gasteiger partial charge in [-0.05, 0) is 25.7 Å². The second kappa shape index (κ2) is 6.15. The molecule has 2 saturated heterocycles. The molecule has 3 aliphatic rings. The monoisotopic (exact) mass is 336 g/mol. The topological polar surface area (TPSA) is 51.7 Å². The summed E-state index contributed by atoms with van der Waals surface area (Å²) in [6.45, 7) is 6.47. The van der Waals surface area contributed by atoms with Gasteiger partial charge in [0.05, 0.1) is 24.8 Å². The van der Waals surface area contributed by atoms with Crippen LogP contribution in [-0.4, -0.2) is 55.3 Å². The predicted octanol–water partition coefficient (Wildman–Crippen LogP) is 2.36. The molecule has 0 radical (unpaired) electrons. The summed E-state index contributed by atoms with van der Waals surface area (Å²) in [5.74, 6) is 1.21. The third kappa shape index (κ3) is 2.92. The fourth-order valence-electron chi connectivity index (χ4n) is 3.90. The molecule has 3 fully saturated rings. The van der Waals surface area contributed by atoms with E-state index >= 15 is 0 Å². The van der Waals surface area contributed by atoms with Crippen molar-refractivity contribution in [2.45, 2.75) is 26.2 Å². The molecule has 2 atom stereocenters. The number of carbonyl (C=O) groups excluding carboxylic acids is 1. The Morgan fingerprint density at radius 3 is 3.13 bits per heavy atom. The van der Waals surface area contributed by atoms with Crippen molar-refractivity contribution in [1.82, 2.24) is 9.88 Å². The van der Waals surface area contributed by atoms with E-state index in [4.69, 9.17) is 9.47 Å². The highest BCUT2D eigenvalue weighted by Gasteiger charge is 2.52. The molecule has 1 amide bonds. The average molecular weight is 336 g/mol. The van der Waals surface area contributed by atoms with E-state index in [1.165, 1.54) is 30.6 Å². The van der Waals surface area contributed by atoms with E-state index in [0.29, 0.717) is 24.8 Å². The number of ether oxygens (including phenoxy) is 2. The molecule has 2 aliphatic heterocycles. The van der Waals surface area contributed by atoms with Crippen LogP contribution in [0.15, 0.2) is 5.38 Å². The molecule has 1 aromatic heterocycles. The largest absolute Gasteiger partial charge is 0.380 e. The Kier molecular flexibility index (Phi) is 4.15. The number of hydrogen-bond acceptors (Lipinski definition) is 5. The lowest BCUT2D eigenvalue weighted by Crippen LogP contribution is -2.38. The molecule has 0 N–H and O–H groups in total. The van der Waals surface area contributed by atoms with Crippen LogP contribution in [0.1, 0.15) is 34.8 Å². The lowest BCUT2D eigenvalue weighted by molar-refractivity contribution is -0.000121. The van der Waals surface area contributed by atoms with Crippen molar-refractivity contribution in [3.05, 3.63) is 16.1 Å². The minimum absolute atomic E-state index is 0.00945. The van der Waals surface area contributed by atoms with E-state index in [2.05, 4.69) is 4.98 Å². The van der Waals surface area contributed by atoms with Gasteiger partial charge in [-0.3, -0.25) is 4.79 Å². The predicted molar refractivity (Wildman–Crippen MR) is 87.7 cm³/mol. The molecule has 6 heteroatoms. The second-order valence-electron chi connectivity index (χ2n) is 7.32. The Morgan fingerprint density at radius 2 is 2.43 bits per heavy atom. The van der Waals surface area contributed by atoms with Gasteiger partial charge >= 0.3 is 0 Å². The van der Waals surface area contributed by atoms with Gasteiger partial charge in [0, 0.05) is 36.4 Å². The molecular weight excluding hydrogens is 312 g/mol. The number of thiazole rings is 1. The summed E-state index contributed by atoms with van der Waals surface area (Å²) >= 11 is 1.53. The minimum Gasteiger partial charge on any atom is -0.380 e. The quantitative estimate of drug-likeness (QED) is 0.828. The van der Waals surface area contributed by atoms with Crippen molar-refractivity contribution in [2.24, 2.45) is 17.3 Å². The molecule has 126 valence electrons. The van der Waals surface area contributed by atoms with Crippen LogP contribution in [0.25, 0.3) is 0 Å². The Morgan fingerprint density at radius 1 is 1.57 bits per heavy atom. The van der Waals surface area contributed by atoms with Gasteiger partial charge in [-0.15, -0.1) is 11.3 Å². The number of carbonyl (C=O) groups is 1. The van der Waals surface area contributed by atoms with Gasteiger partial charge in [0.25, 0.3) is 5.91 Å². The number of fused-ring (bicyclic) bond motifs is 1. The van der Waals surface area contributed by atoms with Crippen molar-refractivity contribution in [1.29, 1.82) is 0 Å². The Hall–Kier alpha value is -0.980. The number of likely N-dealkylation sites (tertiary alicyclic amines) is 1. The van der Waals surface area contributed by atoms with E-state index < -0.39 is 0 Å². The summed E-state index contributed by atoms with van der Waals surface area (Å²) < 4.78 is 11.8. The smallest absolute Gasteiger partial charge is 0.273 e. The van der Waals surface area contributed by atoms with Crippen LogP contribution in [0, 0.1) is 24.2 Å². The maximum Gasteiger partial charge on any atom is 0.273 e. The van der Waals surface area contributed by atoms with Gasteiger partial charge < -0.3 is 14.4 Å². The van der Waals surface area contributed by atoms with Crippen molar-refractivity contribution >= 4 is 17.2 Å². The number of aromatic nitrogens is 1. The molecular formula is C17H24N2O3S. The first-order chi connectivity index (χ1) is 11.2. The minimum atomic E-state index is -0.00945. The van der Waals surface area contributed by atoms with Gasteiger partial charge in [0.15, 0.2) is 0 Å². The summed E-state index contributed by atoms with van der Waals surface area (Å²) in [7, 11) is 0. The third-order valence-electron chi connectivity index (χ3n) is 5.61. The number of aryl methyl sites for hydroxylation is 1. The third-order valence-corrected chi connectivity index (χ3v) is 6.39. The van der Waals surface area contributed by atoms with E-state index in [1.807, 2.05) is 17.2 Å². The van der Waals surface area contributed by atoms with Gasteiger partial charge in [0.1, 0.15) is 5.69 Å². The fraction of sp³-hybridized carbons (Fsp3) is 0.765. The van der Waals surface area contributed by atoms with Crippen molar-refractivity contribution in [3.63, 3.8) is 0 Å². The van der Waals surface area contributed by atoms with E-state index in [9.17, 15) is 4.79 Å². The first-order valence-corrected chi connectivity index (χ1v) is 9.41. The second-order valence-corrected chi connectivity index (χ2v) is 8.39. The number of rotatable bonds is 5. The van der Waals surface area contributed by atoms with E-state index in [0.717, 1.165) is 37.2 Å². The van der Waals surface area contributed by atoms with Gasteiger partial charge in [-0.25, -0.2) is 4.98 Å². The maximum absolute atomic E-state index is 12.7. The van der Waals surface area contributed by atoms with Gasteiger partial charge in [-0.2, -0.15) is 0 Å². The first-order valence-electron chi connectivity index (χ1n) is 8.53. The van der Waals surface area contributed by atoms with Crippen LogP contribution in [0.3, 0.4) is 0 Å². The van der Waals surface area contributed by atoms with Crippen LogP contribution in [-0.2, 0) is 9.47 Å². The van der Waals surface area contributed by atoms with Crippen molar-refractivity contribution in [2.75, 3.05) is 39.5 Å². The highest BCUT2D eigenvalue weighted by molar-refractivity contribution is 7.09. The maximum atomic E-state index is 12.7. The summed E-state index contributed by atoms with van der Waals surface area (Å²) in [4.78, 5) is 19.0. The molecule has 5 nitrogen and oxygen atoms in total. The molecule has 0 bridgehead atoms. The standard InChI is InChI=1S/C17H24N2O3S/c1-12-18-15(8-23-12)16(20)19-5-14-7-22-11-17(14,9-19)10-21-6-13-3-2-4-13/h8,13-14H,2-7,9-11H2,1H3/t14-,17-/m1/s1. The zero-order valence-electron chi connectivity index (χ0n) is 13.6. The van der Waals surface area contributed by atoms with Crippen LogP contribution < -0.4 is 0 Å². The van der Waals surface area contributed by atoms with Gasteiger partial charge in [0.2, 0.25) is 0 Å². The zero-order chi connectivity index (χ0) is 15.9. The molecule has 3 heterocycles. The highest BCUT2D eigenvalue weighted by Crippen LogP contribution is 2.42. The molecule has 0 aromatic carbocycles. The molecule has 0 spiro atoms. The SMILES string of the molecule is Cc1nc(C(=O)N2C[C@@H]3COC[C@]3(COCC3CCC3)C2)cs1. The van der Waals surface area contributed by atoms with Gasteiger partial charge in [-0.1, -0.05) is 6.42 Å².